The van der Waals surface area contributed by atoms with Gasteiger partial charge in [-0.25, -0.2) is 0 Å². The number of carbonyl (C=O) groups is 1. The smallest absolute Gasteiger partial charge is 0.226 e. The van der Waals surface area contributed by atoms with Crippen molar-refractivity contribution in [3.05, 3.63) is 36.0 Å². The molecule has 2 rings (SSSR count). The number of aromatic nitrogens is 1. The van der Waals surface area contributed by atoms with Crippen LogP contribution >= 0.6 is 0 Å². The van der Waals surface area contributed by atoms with Crippen LogP contribution in [0.4, 0.5) is 5.82 Å². The van der Waals surface area contributed by atoms with Crippen molar-refractivity contribution in [1.82, 2.24) is 10.5 Å². The van der Waals surface area contributed by atoms with Crippen molar-refractivity contribution in [2.24, 2.45) is 0 Å². The number of hydrogen-bond acceptors (Lipinski definition) is 5. The summed E-state index contributed by atoms with van der Waals surface area (Å²) in [5.74, 6) is 1.86. The van der Waals surface area contributed by atoms with Crippen LogP contribution in [0, 0.1) is 6.92 Å². The van der Waals surface area contributed by atoms with Crippen LogP contribution in [0.15, 0.2) is 33.4 Å². The summed E-state index contributed by atoms with van der Waals surface area (Å²) in [7, 11) is 0. The number of hydrogen-bond donors (Lipinski definition) is 2. The normalized spacial score (nSPS) is 10.5. The number of nitrogens with one attached hydrogen (secondary N) is 2. The fraction of sp³-hybridized carbons (Fsp3) is 0.333. The molecule has 0 fully saturated rings. The first kappa shape index (κ1) is 12.4. The number of nitrogens with zero attached hydrogens (tertiary/aromatic N) is 1. The Hall–Kier alpha value is -2.08. The Bertz CT molecular complexity index is 490. The lowest BCUT2D eigenvalue weighted by Crippen LogP contribution is -2.21. The summed E-state index contributed by atoms with van der Waals surface area (Å²) in [4.78, 5) is 11.5. The topological polar surface area (TPSA) is 80.3 Å². The van der Waals surface area contributed by atoms with E-state index >= 15 is 0 Å². The molecule has 2 N–H and O–H groups in total. The van der Waals surface area contributed by atoms with Crippen LogP contribution < -0.4 is 10.6 Å². The van der Waals surface area contributed by atoms with Crippen LogP contribution in [0.5, 0.6) is 0 Å². The molecule has 96 valence electrons. The number of carbonyl (C=O) groups excluding carboxylic acids is 1. The van der Waals surface area contributed by atoms with Gasteiger partial charge in [-0.2, -0.15) is 0 Å². The zero-order valence-corrected chi connectivity index (χ0v) is 10.1. The predicted octanol–water partition coefficient (Wildman–Crippen LogP) is 1.69. The van der Waals surface area contributed by atoms with Gasteiger partial charge in [0.15, 0.2) is 5.82 Å². The van der Waals surface area contributed by atoms with Gasteiger partial charge in [0, 0.05) is 19.0 Å². The summed E-state index contributed by atoms with van der Waals surface area (Å²) in [6.45, 7) is 2.96. The molecule has 0 bridgehead atoms. The maximum atomic E-state index is 11.5. The standard InChI is InChI=1S/C12H15N3O3/c1-9-7-11(15-18-9)14-12(16)4-5-13-8-10-3-2-6-17-10/h2-3,6-7,13H,4-5,8H2,1H3,(H,14,15,16). The zero-order valence-electron chi connectivity index (χ0n) is 10.1. The summed E-state index contributed by atoms with van der Waals surface area (Å²) in [6, 6.07) is 5.38. The molecule has 0 unspecified atom stereocenters. The van der Waals surface area contributed by atoms with Gasteiger partial charge in [0.05, 0.1) is 12.8 Å². The Kier molecular flexibility index (Phi) is 4.14. The van der Waals surface area contributed by atoms with Crippen molar-refractivity contribution >= 4 is 11.7 Å². The first-order valence-corrected chi connectivity index (χ1v) is 5.70. The number of rotatable bonds is 6. The van der Waals surface area contributed by atoms with Crippen LogP contribution in [0.2, 0.25) is 0 Å². The molecule has 0 aromatic carbocycles. The summed E-state index contributed by atoms with van der Waals surface area (Å²) in [5, 5.41) is 9.44. The van der Waals surface area contributed by atoms with Gasteiger partial charge in [0.2, 0.25) is 5.91 Å². The minimum absolute atomic E-state index is 0.102. The number of furan rings is 1. The van der Waals surface area contributed by atoms with Gasteiger partial charge < -0.3 is 19.6 Å². The highest BCUT2D eigenvalue weighted by atomic mass is 16.5. The van der Waals surface area contributed by atoms with Gasteiger partial charge in [-0.1, -0.05) is 5.16 Å². The predicted molar refractivity (Wildman–Crippen MR) is 64.9 cm³/mol. The van der Waals surface area contributed by atoms with E-state index in [9.17, 15) is 4.79 Å². The monoisotopic (exact) mass is 249 g/mol. The van der Waals surface area contributed by atoms with E-state index in [2.05, 4.69) is 15.8 Å². The average molecular weight is 249 g/mol. The first-order chi connectivity index (χ1) is 8.74. The van der Waals surface area contributed by atoms with E-state index in [-0.39, 0.29) is 5.91 Å². The van der Waals surface area contributed by atoms with Crippen molar-refractivity contribution in [2.45, 2.75) is 19.9 Å². The molecule has 2 heterocycles. The number of amides is 1. The van der Waals surface area contributed by atoms with Crippen molar-refractivity contribution in [1.29, 1.82) is 0 Å². The summed E-state index contributed by atoms with van der Waals surface area (Å²) in [5.41, 5.74) is 0. The van der Waals surface area contributed by atoms with Gasteiger partial charge in [-0.3, -0.25) is 4.79 Å². The Morgan fingerprint density at radius 2 is 2.39 bits per heavy atom. The molecule has 0 aliphatic rings. The second-order valence-corrected chi connectivity index (χ2v) is 3.88. The van der Waals surface area contributed by atoms with E-state index in [0.29, 0.717) is 31.1 Å². The SMILES string of the molecule is Cc1cc(NC(=O)CCNCc2ccco2)no1. The molecule has 0 saturated heterocycles. The van der Waals surface area contributed by atoms with Gasteiger partial charge in [-0.05, 0) is 19.1 Å². The fourth-order valence-electron chi connectivity index (χ4n) is 1.46. The Morgan fingerprint density at radius 1 is 1.50 bits per heavy atom. The van der Waals surface area contributed by atoms with Crippen molar-refractivity contribution < 1.29 is 13.7 Å². The Balaban J connectivity index is 1.63. The summed E-state index contributed by atoms with van der Waals surface area (Å²) < 4.78 is 10.0. The molecule has 6 nitrogen and oxygen atoms in total. The van der Waals surface area contributed by atoms with Crippen LogP contribution in [-0.2, 0) is 11.3 Å². The van der Waals surface area contributed by atoms with Gasteiger partial charge in [-0.15, -0.1) is 0 Å². The molecule has 0 aliphatic carbocycles. The minimum atomic E-state index is -0.102. The van der Waals surface area contributed by atoms with Crippen LogP contribution in [0.3, 0.4) is 0 Å². The number of anilines is 1. The molecule has 0 spiro atoms. The molecule has 0 saturated carbocycles. The highest BCUT2D eigenvalue weighted by molar-refractivity contribution is 5.89. The lowest BCUT2D eigenvalue weighted by Gasteiger charge is -2.02. The average Bonchev–Trinajstić information content (AvgIpc) is 2.96. The molecular weight excluding hydrogens is 234 g/mol. The third-order valence-electron chi connectivity index (χ3n) is 2.30. The molecule has 18 heavy (non-hydrogen) atoms. The van der Waals surface area contributed by atoms with E-state index in [1.165, 1.54) is 0 Å². The van der Waals surface area contributed by atoms with E-state index in [1.807, 2.05) is 12.1 Å². The molecule has 0 radical (unpaired) electrons. The van der Waals surface area contributed by atoms with Gasteiger partial charge in [0.1, 0.15) is 11.5 Å². The zero-order chi connectivity index (χ0) is 12.8. The minimum Gasteiger partial charge on any atom is -0.468 e. The molecular formula is C12H15N3O3. The molecule has 2 aromatic heterocycles. The second-order valence-electron chi connectivity index (χ2n) is 3.88. The quantitative estimate of drug-likeness (QED) is 0.761. The maximum Gasteiger partial charge on any atom is 0.226 e. The van der Waals surface area contributed by atoms with Crippen molar-refractivity contribution in [2.75, 3.05) is 11.9 Å². The van der Waals surface area contributed by atoms with E-state index < -0.39 is 0 Å². The Morgan fingerprint density at radius 3 is 3.06 bits per heavy atom. The summed E-state index contributed by atoms with van der Waals surface area (Å²) in [6.07, 6.45) is 1.99. The molecule has 0 aliphatic heterocycles. The molecule has 0 atom stereocenters. The highest BCUT2D eigenvalue weighted by Gasteiger charge is 2.05. The second kappa shape index (κ2) is 6.02. The van der Waals surface area contributed by atoms with Crippen molar-refractivity contribution in [3.8, 4) is 0 Å². The molecule has 1 amide bonds. The summed E-state index contributed by atoms with van der Waals surface area (Å²) >= 11 is 0. The third kappa shape index (κ3) is 3.74. The maximum absolute atomic E-state index is 11.5. The number of aryl methyl sites for hydroxylation is 1. The third-order valence-corrected chi connectivity index (χ3v) is 2.30. The van der Waals surface area contributed by atoms with E-state index in [0.717, 1.165) is 5.76 Å². The van der Waals surface area contributed by atoms with Crippen molar-refractivity contribution in [3.63, 3.8) is 0 Å². The van der Waals surface area contributed by atoms with Crippen LogP contribution in [-0.4, -0.2) is 17.6 Å². The lowest BCUT2D eigenvalue weighted by molar-refractivity contribution is -0.116. The van der Waals surface area contributed by atoms with Gasteiger partial charge in [0.25, 0.3) is 0 Å². The lowest BCUT2D eigenvalue weighted by atomic mass is 10.3. The van der Waals surface area contributed by atoms with E-state index in [1.54, 1.807) is 19.3 Å². The Labute approximate surface area is 104 Å². The first-order valence-electron chi connectivity index (χ1n) is 5.70. The largest absolute Gasteiger partial charge is 0.468 e. The van der Waals surface area contributed by atoms with E-state index in [4.69, 9.17) is 8.94 Å². The molecule has 2 aromatic rings. The molecule has 6 heteroatoms. The highest BCUT2D eigenvalue weighted by Crippen LogP contribution is 2.07. The van der Waals surface area contributed by atoms with Crippen LogP contribution in [0.25, 0.3) is 0 Å². The fourth-order valence-corrected chi connectivity index (χ4v) is 1.46. The van der Waals surface area contributed by atoms with Crippen LogP contribution in [0.1, 0.15) is 17.9 Å². The van der Waals surface area contributed by atoms with Gasteiger partial charge >= 0.3 is 0 Å².